The molecule has 0 aromatic rings. The molecule has 0 N–H and O–H groups in total. The molecular formula is C12H16O4. The Labute approximate surface area is 96.3 Å². The van der Waals surface area contributed by atoms with Gasteiger partial charge in [0.15, 0.2) is 5.60 Å². The third-order valence-electron chi connectivity index (χ3n) is 1.73. The molecule has 0 rings (SSSR count). The molecule has 0 heterocycles. The predicted octanol–water partition coefficient (Wildman–Crippen LogP) is 0.260. The second-order valence-corrected chi connectivity index (χ2v) is 2.87. The Hall–Kier alpha value is -1.33. The van der Waals surface area contributed by atoms with Gasteiger partial charge in [0, 0.05) is 21.3 Å². The lowest BCUT2D eigenvalue weighted by atomic mass is 10.0. The molecule has 0 radical (unpaired) electrons. The fourth-order valence-electron chi connectivity index (χ4n) is 0.938. The SMILES string of the molecule is COCC#CC(C#CCOC)(CC=O)OC. The van der Waals surface area contributed by atoms with Gasteiger partial charge in [-0.2, -0.15) is 0 Å². The monoisotopic (exact) mass is 224 g/mol. The average Bonchev–Trinajstić information content (AvgIpc) is 2.29. The summed E-state index contributed by atoms with van der Waals surface area (Å²) in [6, 6.07) is 0. The second-order valence-electron chi connectivity index (χ2n) is 2.87. The summed E-state index contributed by atoms with van der Waals surface area (Å²) in [6.45, 7) is 0.547. The lowest BCUT2D eigenvalue weighted by Crippen LogP contribution is -2.28. The number of aldehydes is 1. The number of hydrogen-bond acceptors (Lipinski definition) is 4. The van der Waals surface area contributed by atoms with E-state index >= 15 is 0 Å². The third-order valence-corrected chi connectivity index (χ3v) is 1.73. The molecule has 0 fully saturated rings. The first-order valence-corrected chi connectivity index (χ1v) is 4.71. The summed E-state index contributed by atoms with van der Waals surface area (Å²) in [5.41, 5.74) is -1.06. The van der Waals surface area contributed by atoms with Crippen molar-refractivity contribution >= 4 is 6.29 Å². The van der Waals surface area contributed by atoms with Crippen LogP contribution in [0.4, 0.5) is 0 Å². The standard InChI is InChI=1S/C12H16O4/c1-14-10-4-6-12(16-3,8-9-13)7-5-11-15-2/h9H,8,10-11H2,1-3H3. The van der Waals surface area contributed by atoms with E-state index in [0.717, 1.165) is 6.29 Å². The van der Waals surface area contributed by atoms with Gasteiger partial charge in [0.05, 0.1) is 6.42 Å². The van der Waals surface area contributed by atoms with Crippen LogP contribution in [0, 0.1) is 23.7 Å². The van der Waals surface area contributed by atoms with Crippen LogP contribution in [0.1, 0.15) is 6.42 Å². The molecule has 0 aromatic carbocycles. The van der Waals surface area contributed by atoms with Crippen molar-refractivity contribution in [1.82, 2.24) is 0 Å². The first-order valence-electron chi connectivity index (χ1n) is 4.71. The van der Waals surface area contributed by atoms with E-state index in [1.54, 1.807) is 14.2 Å². The molecule has 88 valence electrons. The van der Waals surface area contributed by atoms with Crippen molar-refractivity contribution in [3.8, 4) is 23.7 Å². The predicted molar refractivity (Wildman–Crippen MR) is 59.7 cm³/mol. The summed E-state index contributed by atoms with van der Waals surface area (Å²) in [7, 11) is 4.55. The van der Waals surface area contributed by atoms with Gasteiger partial charge >= 0.3 is 0 Å². The molecule has 4 nitrogen and oxygen atoms in total. The Kier molecular flexibility index (Phi) is 8.19. The van der Waals surface area contributed by atoms with E-state index in [9.17, 15) is 4.79 Å². The van der Waals surface area contributed by atoms with Crippen LogP contribution in [0.3, 0.4) is 0 Å². The van der Waals surface area contributed by atoms with Crippen LogP contribution in [0.25, 0.3) is 0 Å². The van der Waals surface area contributed by atoms with Crippen molar-refractivity contribution in [3.05, 3.63) is 0 Å². The van der Waals surface area contributed by atoms with E-state index < -0.39 is 5.60 Å². The van der Waals surface area contributed by atoms with E-state index in [1.165, 1.54) is 7.11 Å². The fourth-order valence-corrected chi connectivity index (χ4v) is 0.938. The van der Waals surface area contributed by atoms with Gasteiger partial charge in [-0.15, -0.1) is 0 Å². The van der Waals surface area contributed by atoms with Gasteiger partial charge in [-0.05, 0) is 0 Å². The highest BCUT2D eigenvalue weighted by Gasteiger charge is 2.24. The van der Waals surface area contributed by atoms with E-state index in [4.69, 9.17) is 14.2 Å². The Morgan fingerprint density at radius 2 is 1.56 bits per heavy atom. The van der Waals surface area contributed by atoms with Crippen molar-refractivity contribution in [2.75, 3.05) is 34.5 Å². The minimum absolute atomic E-state index is 0.0942. The smallest absolute Gasteiger partial charge is 0.196 e. The normalized spacial score (nSPS) is 9.69. The molecule has 16 heavy (non-hydrogen) atoms. The molecule has 0 atom stereocenters. The summed E-state index contributed by atoms with van der Waals surface area (Å²) in [5, 5.41) is 0. The fraction of sp³-hybridized carbons (Fsp3) is 0.583. The van der Waals surface area contributed by atoms with Gasteiger partial charge in [-0.3, -0.25) is 0 Å². The van der Waals surface area contributed by atoms with Crippen LogP contribution < -0.4 is 0 Å². The number of hydrogen-bond donors (Lipinski definition) is 0. The maximum absolute atomic E-state index is 10.6. The number of carbonyl (C=O) groups excluding carboxylic acids is 1. The first kappa shape index (κ1) is 14.7. The lowest BCUT2D eigenvalue weighted by Gasteiger charge is -2.17. The quantitative estimate of drug-likeness (QED) is 0.496. The van der Waals surface area contributed by atoms with E-state index in [-0.39, 0.29) is 19.6 Å². The topological polar surface area (TPSA) is 44.8 Å². The van der Waals surface area contributed by atoms with Crippen molar-refractivity contribution in [1.29, 1.82) is 0 Å². The van der Waals surface area contributed by atoms with Crippen LogP contribution in [0.2, 0.25) is 0 Å². The van der Waals surface area contributed by atoms with Crippen LogP contribution in [0.5, 0.6) is 0 Å². The number of ether oxygens (including phenoxy) is 3. The van der Waals surface area contributed by atoms with E-state index in [1.807, 2.05) is 0 Å². The molecule has 0 saturated carbocycles. The number of methoxy groups -OCH3 is 3. The van der Waals surface area contributed by atoms with Crippen LogP contribution in [0.15, 0.2) is 0 Å². The molecular weight excluding hydrogens is 208 g/mol. The maximum Gasteiger partial charge on any atom is 0.196 e. The van der Waals surface area contributed by atoms with Crippen molar-refractivity contribution in [2.45, 2.75) is 12.0 Å². The zero-order valence-electron chi connectivity index (χ0n) is 9.83. The van der Waals surface area contributed by atoms with Crippen LogP contribution in [-0.4, -0.2) is 46.4 Å². The Morgan fingerprint density at radius 1 is 1.06 bits per heavy atom. The summed E-state index contributed by atoms with van der Waals surface area (Å²) < 4.78 is 14.8. The molecule has 0 saturated heterocycles. The van der Waals surface area contributed by atoms with Gasteiger partial charge in [0.25, 0.3) is 0 Å². The summed E-state index contributed by atoms with van der Waals surface area (Å²) in [6.07, 6.45) is 0.823. The zero-order valence-corrected chi connectivity index (χ0v) is 9.83. The highest BCUT2D eigenvalue weighted by atomic mass is 16.5. The van der Waals surface area contributed by atoms with Gasteiger partial charge in [-0.25, -0.2) is 0 Å². The highest BCUT2D eigenvalue weighted by Crippen LogP contribution is 2.11. The molecule has 0 aliphatic heterocycles. The zero-order chi connectivity index (χ0) is 12.3. The Morgan fingerprint density at radius 3 is 1.88 bits per heavy atom. The number of rotatable bonds is 5. The highest BCUT2D eigenvalue weighted by molar-refractivity contribution is 5.56. The van der Waals surface area contributed by atoms with Crippen LogP contribution >= 0.6 is 0 Å². The van der Waals surface area contributed by atoms with Crippen LogP contribution in [-0.2, 0) is 19.0 Å². The third kappa shape index (κ3) is 5.53. The lowest BCUT2D eigenvalue weighted by molar-refractivity contribution is -0.110. The average molecular weight is 224 g/mol. The van der Waals surface area contributed by atoms with Crippen molar-refractivity contribution in [3.63, 3.8) is 0 Å². The van der Waals surface area contributed by atoms with E-state index in [0.29, 0.717) is 0 Å². The van der Waals surface area contributed by atoms with Gasteiger partial charge in [0.2, 0.25) is 0 Å². The molecule has 0 aliphatic rings. The van der Waals surface area contributed by atoms with Gasteiger partial charge in [-0.1, -0.05) is 23.7 Å². The summed E-state index contributed by atoms with van der Waals surface area (Å²) in [5.74, 6) is 11.1. The molecule has 0 unspecified atom stereocenters. The van der Waals surface area contributed by atoms with Crippen molar-refractivity contribution in [2.24, 2.45) is 0 Å². The molecule has 4 heteroatoms. The van der Waals surface area contributed by atoms with Gasteiger partial charge in [0.1, 0.15) is 19.5 Å². The van der Waals surface area contributed by atoms with Gasteiger partial charge < -0.3 is 19.0 Å². The molecule has 0 bridgehead atoms. The first-order chi connectivity index (χ1) is 7.74. The second kappa shape index (κ2) is 8.94. The molecule has 0 spiro atoms. The number of carbonyl (C=O) groups is 1. The maximum atomic E-state index is 10.6. The van der Waals surface area contributed by atoms with E-state index in [2.05, 4.69) is 23.7 Å². The summed E-state index contributed by atoms with van der Waals surface area (Å²) in [4.78, 5) is 10.6. The molecule has 0 aliphatic carbocycles. The van der Waals surface area contributed by atoms with Crippen molar-refractivity contribution < 1.29 is 19.0 Å². The minimum atomic E-state index is -1.06. The largest absolute Gasteiger partial charge is 0.372 e. The molecule has 0 amide bonds. The Balaban J connectivity index is 4.80. The Bertz CT molecular complexity index is 289. The minimum Gasteiger partial charge on any atom is -0.372 e. The summed E-state index contributed by atoms with van der Waals surface area (Å²) >= 11 is 0. The molecule has 0 aromatic heterocycles.